The van der Waals surface area contributed by atoms with Crippen LogP contribution in [-0.2, 0) is 4.79 Å². The van der Waals surface area contributed by atoms with Crippen molar-refractivity contribution in [2.45, 2.75) is 11.5 Å². The van der Waals surface area contributed by atoms with Gasteiger partial charge >= 0.3 is 5.92 Å². The monoisotopic (exact) mass is 207 g/mol. The van der Waals surface area contributed by atoms with Crippen molar-refractivity contribution in [3.8, 4) is 0 Å². The van der Waals surface area contributed by atoms with Gasteiger partial charge in [-0.15, -0.1) is 0 Å². The standard InChI is InChI=1S/C7H8F3N3O/c8-3-7(9,10)6(5(11)14)4-12-1-2-13-6/h1-2,4,13H,3H2,(H2,11,14). The number of primary amides is 1. The Morgan fingerprint density at radius 3 is 2.64 bits per heavy atom. The highest BCUT2D eigenvalue weighted by Gasteiger charge is 2.58. The number of nitrogens with zero attached hydrogens (tertiary/aromatic N) is 1. The molecular weight excluding hydrogens is 199 g/mol. The molecule has 78 valence electrons. The lowest BCUT2D eigenvalue weighted by Gasteiger charge is -2.34. The lowest BCUT2D eigenvalue weighted by atomic mass is 9.92. The number of nitrogens with two attached hydrogens (primary N) is 1. The molecule has 0 saturated carbocycles. The molecule has 0 radical (unpaired) electrons. The first-order valence-electron chi connectivity index (χ1n) is 3.67. The molecular formula is C7H8F3N3O. The van der Waals surface area contributed by atoms with E-state index in [9.17, 15) is 18.0 Å². The van der Waals surface area contributed by atoms with Gasteiger partial charge in [-0.05, 0) is 0 Å². The molecule has 1 rings (SSSR count). The van der Waals surface area contributed by atoms with E-state index >= 15 is 0 Å². The zero-order valence-corrected chi connectivity index (χ0v) is 7.01. The third kappa shape index (κ3) is 1.34. The summed E-state index contributed by atoms with van der Waals surface area (Å²) < 4.78 is 38.2. The SMILES string of the molecule is NC(=O)C1(C(F)(F)CF)C=NC=CN1. The summed E-state index contributed by atoms with van der Waals surface area (Å²) in [6.45, 7) is -2.00. The summed E-state index contributed by atoms with van der Waals surface area (Å²) in [7, 11) is 0. The lowest BCUT2D eigenvalue weighted by Crippen LogP contribution is -2.67. The summed E-state index contributed by atoms with van der Waals surface area (Å²) in [6, 6.07) is 0. The van der Waals surface area contributed by atoms with Gasteiger partial charge in [0.2, 0.25) is 5.54 Å². The minimum absolute atomic E-state index is 0.606. The van der Waals surface area contributed by atoms with Crippen molar-refractivity contribution in [2.75, 3.05) is 6.67 Å². The summed E-state index contributed by atoms with van der Waals surface area (Å²) >= 11 is 0. The largest absolute Gasteiger partial charge is 0.367 e. The second-order valence-electron chi connectivity index (χ2n) is 2.75. The molecule has 0 fully saturated rings. The fourth-order valence-electron chi connectivity index (χ4n) is 1.02. The van der Waals surface area contributed by atoms with E-state index in [1.165, 1.54) is 0 Å². The molecule has 0 bridgehead atoms. The van der Waals surface area contributed by atoms with Gasteiger partial charge in [0.25, 0.3) is 5.91 Å². The van der Waals surface area contributed by atoms with Crippen LogP contribution in [0.4, 0.5) is 13.2 Å². The highest BCUT2D eigenvalue weighted by molar-refractivity contribution is 6.04. The van der Waals surface area contributed by atoms with Crippen molar-refractivity contribution < 1.29 is 18.0 Å². The number of rotatable bonds is 3. The third-order valence-corrected chi connectivity index (χ3v) is 1.87. The number of alkyl halides is 3. The highest BCUT2D eigenvalue weighted by atomic mass is 19.3. The van der Waals surface area contributed by atoms with Crippen molar-refractivity contribution in [1.82, 2.24) is 5.32 Å². The molecule has 0 spiro atoms. The summed E-state index contributed by atoms with van der Waals surface area (Å²) in [4.78, 5) is 14.2. The van der Waals surface area contributed by atoms with E-state index in [-0.39, 0.29) is 0 Å². The third-order valence-electron chi connectivity index (χ3n) is 1.87. The molecule has 1 atom stereocenters. The Bertz CT molecular complexity index is 303. The lowest BCUT2D eigenvalue weighted by molar-refractivity contribution is -0.137. The second kappa shape index (κ2) is 3.32. The van der Waals surface area contributed by atoms with Gasteiger partial charge < -0.3 is 11.1 Å². The number of aliphatic imine (C=N–C) groups is 1. The normalized spacial score (nSPS) is 25.9. The van der Waals surface area contributed by atoms with Crippen LogP contribution in [0.3, 0.4) is 0 Å². The number of amides is 1. The van der Waals surface area contributed by atoms with Gasteiger partial charge in [0.1, 0.15) is 0 Å². The maximum absolute atomic E-state index is 13.1. The molecule has 7 heteroatoms. The van der Waals surface area contributed by atoms with Crippen molar-refractivity contribution in [1.29, 1.82) is 0 Å². The van der Waals surface area contributed by atoms with E-state index < -0.39 is 24.0 Å². The van der Waals surface area contributed by atoms with Crippen LogP contribution in [0.1, 0.15) is 0 Å². The summed E-state index contributed by atoms with van der Waals surface area (Å²) in [5, 5.41) is 2.03. The minimum atomic E-state index is -3.92. The molecule has 1 heterocycles. The molecule has 0 saturated heterocycles. The van der Waals surface area contributed by atoms with Crippen molar-refractivity contribution in [2.24, 2.45) is 10.7 Å². The number of carbonyl (C=O) groups excluding carboxylic acids is 1. The van der Waals surface area contributed by atoms with Crippen molar-refractivity contribution in [3.05, 3.63) is 12.4 Å². The van der Waals surface area contributed by atoms with Crippen LogP contribution < -0.4 is 11.1 Å². The van der Waals surface area contributed by atoms with E-state index in [0.717, 1.165) is 12.4 Å². The van der Waals surface area contributed by atoms with Gasteiger partial charge in [0, 0.05) is 18.6 Å². The zero-order chi connectivity index (χ0) is 10.8. The Morgan fingerprint density at radius 1 is 1.64 bits per heavy atom. The average Bonchev–Trinajstić information content (AvgIpc) is 2.18. The fraction of sp³-hybridized carbons (Fsp3) is 0.429. The van der Waals surface area contributed by atoms with Gasteiger partial charge in [-0.2, -0.15) is 0 Å². The van der Waals surface area contributed by atoms with Crippen LogP contribution in [0.5, 0.6) is 0 Å². The van der Waals surface area contributed by atoms with E-state index in [2.05, 4.69) is 4.99 Å². The number of hydrogen-bond donors (Lipinski definition) is 2. The Labute approximate surface area is 77.7 Å². The first-order chi connectivity index (χ1) is 6.46. The quantitative estimate of drug-likeness (QED) is 0.681. The number of nitrogens with one attached hydrogen (secondary N) is 1. The molecule has 4 nitrogen and oxygen atoms in total. The molecule has 14 heavy (non-hydrogen) atoms. The zero-order valence-electron chi connectivity index (χ0n) is 7.01. The van der Waals surface area contributed by atoms with Crippen molar-refractivity contribution in [3.63, 3.8) is 0 Å². The highest BCUT2D eigenvalue weighted by Crippen LogP contribution is 2.29. The van der Waals surface area contributed by atoms with Crippen LogP contribution in [0.2, 0.25) is 0 Å². The van der Waals surface area contributed by atoms with E-state index in [0.29, 0.717) is 6.21 Å². The van der Waals surface area contributed by atoms with Gasteiger partial charge in [0.15, 0.2) is 6.67 Å². The minimum Gasteiger partial charge on any atom is -0.367 e. The smallest absolute Gasteiger partial charge is 0.312 e. The molecule has 0 aliphatic carbocycles. The summed E-state index contributed by atoms with van der Waals surface area (Å²) in [5.74, 6) is -5.30. The summed E-state index contributed by atoms with van der Waals surface area (Å²) in [6.07, 6.45) is 2.76. The van der Waals surface area contributed by atoms with Crippen LogP contribution in [0, 0.1) is 0 Å². The number of halogens is 3. The average molecular weight is 207 g/mol. The van der Waals surface area contributed by atoms with Gasteiger partial charge in [0.05, 0.1) is 0 Å². The number of carbonyl (C=O) groups is 1. The first kappa shape index (κ1) is 10.6. The Balaban J connectivity index is 3.12. The molecule has 0 aromatic rings. The van der Waals surface area contributed by atoms with Crippen LogP contribution >= 0.6 is 0 Å². The topological polar surface area (TPSA) is 67.5 Å². The number of hydrogen-bond acceptors (Lipinski definition) is 3. The van der Waals surface area contributed by atoms with Gasteiger partial charge in [-0.3, -0.25) is 9.79 Å². The van der Waals surface area contributed by atoms with Crippen LogP contribution in [0.15, 0.2) is 17.4 Å². The molecule has 1 unspecified atom stereocenters. The predicted octanol–water partition coefficient (Wildman–Crippen LogP) is -0.0395. The molecule has 0 aromatic carbocycles. The molecule has 1 aliphatic rings. The van der Waals surface area contributed by atoms with E-state index in [4.69, 9.17) is 5.73 Å². The van der Waals surface area contributed by atoms with Crippen molar-refractivity contribution >= 4 is 12.1 Å². The Hall–Kier alpha value is -1.53. The maximum Gasteiger partial charge on any atom is 0.312 e. The second-order valence-corrected chi connectivity index (χ2v) is 2.75. The maximum atomic E-state index is 13.1. The predicted molar refractivity (Wildman–Crippen MR) is 43.6 cm³/mol. The van der Waals surface area contributed by atoms with Crippen LogP contribution in [-0.4, -0.2) is 30.3 Å². The summed E-state index contributed by atoms with van der Waals surface area (Å²) in [5.41, 5.74) is 2.22. The van der Waals surface area contributed by atoms with Gasteiger partial charge in [-0.25, -0.2) is 13.2 Å². The molecule has 0 aromatic heterocycles. The van der Waals surface area contributed by atoms with E-state index in [1.807, 2.05) is 5.32 Å². The molecule has 1 aliphatic heterocycles. The Morgan fingerprint density at radius 2 is 2.29 bits per heavy atom. The van der Waals surface area contributed by atoms with Gasteiger partial charge in [-0.1, -0.05) is 0 Å². The molecule has 1 amide bonds. The molecule has 3 N–H and O–H groups in total. The Kier molecular flexibility index (Phi) is 2.50. The van der Waals surface area contributed by atoms with E-state index in [1.54, 1.807) is 0 Å². The first-order valence-corrected chi connectivity index (χ1v) is 3.67. The fourth-order valence-corrected chi connectivity index (χ4v) is 1.02. The van der Waals surface area contributed by atoms with Crippen LogP contribution in [0.25, 0.3) is 0 Å².